The molecule has 5 aromatic rings. The SMILES string of the molecule is O=S(=O)(CCNCCC1(c2cc3c(Nc4ccc(OCc5cccc(F)c5)c(Cl)c4)ncnc3cn2)CC=CO1)c1ccccc1. The highest BCUT2D eigenvalue weighted by molar-refractivity contribution is 7.91. The van der Waals surface area contributed by atoms with Gasteiger partial charge in [-0.05, 0) is 66.7 Å². The van der Waals surface area contributed by atoms with Crippen LogP contribution in [0.3, 0.4) is 0 Å². The van der Waals surface area contributed by atoms with Crippen molar-refractivity contribution in [2.75, 3.05) is 24.2 Å². The summed E-state index contributed by atoms with van der Waals surface area (Å²) in [6, 6.07) is 21.9. The second-order valence-corrected chi connectivity index (χ2v) is 13.3. The third kappa shape index (κ3) is 7.28. The van der Waals surface area contributed by atoms with Crippen molar-refractivity contribution in [1.82, 2.24) is 20.3 Å². The Bertz CT molecular complexity index is 1970. The molecule has 0 saturated heterocycles. The Labute approximate surface area is 271 Å². The fraction of sp³-hybridized carbons (Fsp3) is 0.206. The van der Waals surface area contributed by atoms with Crippen LogP contribution in [0.1, 0.15) is 24.1 Å². The predicted molar refractivity (Wildman–Crippen MR) is 175 cm³/mol. The molecule has 1 unspecified atom stereocenters. The van der Waals surface area contributed by atoms with E-state index in [-0.39, 0.29) is 18.2 Å². The Balaban J connectivity index is 1.13. The molecule has 0 saturated carbocycles. The highest BCUT2D eigenvalue weighted by Crippen LogP contribution is 2.38. The molecule has 6 rings (SSSR count). The molecular weight excluding hydrogens is 629 g/mol. The van der Waals surface area contributed by atoms with Gasteiger partial charge in [0.25, 0.3) is 0 Å². The van der Waals surface area contributed by atoms with Gasteiger partial charge in [0.15, 0.2) is 15.4 Å². The van der Waals surface area contributed by atoms with Crippen molar-refractivity contribution in [3.8, 4) is 5.75 Å². The predicted octanol–water partition coefficient (Wildman–Crippen LogP) is 6.72. The van der Waals surface area contributed by atoms with Gasteiger partial charge in [-0.25, -0.2) is 22.8 Å². The highest BCUT2D eigenvalue weighted by atomic mass is 35.5. The minimum Gasteiger partial charge on any atom is -0.489 e. The summed E-state index contributed by atoms with van der Waals surface area (Å²) in [4.78, 5) is 13.9. The number of anilines is 2. The van der Waals surface area contributed by atoms with Crippen molar-refractivity contribution >= 4 is 43.8 Å². The summed E-state index contributed by atoms with van der Waals surface area (Å²) >= 11 is 6.52. The average Bonchev–Trinajstić information content (AvgIpc) is 3.55. The molecule has 0 radical (unpaired) electrons. The number of benzene rings is 3. The van der Waals surface area contributed by atoms with Gasteiger partial charge in [0.2, 0.25) is 0 Å². The van der Waals surface area contributed by atoms with Crippen molar-refractivity contribution in [1.29, 1.82) is 0 Å². The molecule has 2 N–H and O–H groups in total. The van der Waals surface area contributed by atoms with Crippen LogP contribution in [0, 0.1) is 5.82 Å². The molecule has 2 aromatic heterocycles. The van der Waals surface area contributed by atoms with Crippen molar-refractivity contribution < 1.29 is 22.3 Å². The second kappa shape index (κ2) is 13.8. The van der Waals surface area contributed by atoms with E-state index in [1.54, 1.807) is 67.1 Å². The van der Waals surface area contributed by atoms with Crippen LogP contribution in [0.2, 0.25) is 5.02 Å². The molecule has 1 atom stereocenters. The lowest BCUT2D eigenvalue weighted by Gasteiger charge is -2.28. The van der Waals surface area contributed by atoms with Crippen LogP contribution in [-0.4, -0.2) is 42.2 Å². The Hall–Kier alpha value is -4.58. The van der Waals surface area contributed by atoms with Gasteiger partial charge in [-0.1, -0.05) is 41.9 Å². The van der Waals surface area contributed by atoms with Gasteiger partial charge in [0, 0.05) is 30.5 Å². The molecular formula is C34H31ClFN5O4S. The third-order valence-electron chi connectivity index (χ3n) is 7.66. The van der Waals surface area contributed by atoms with E-state index in [4.69, 9.17) is 26.1 Å². The summed E-state index contributed by atoms with van der Waals surface area (Å²) < 4.78 is 50.7. The zero-order chi connectivity index (χ0) is 32.0. The molecule has 236 valence electrons. The number of nitrogens with one attached hydrogen (secondary N) is 2. The van der Waals surface area contributed by atoms with Crippen LogP contribution in [0.4, 0.5) is 15.9 Å². The summed E-state index contributed by atoms with van der Waals surface area (Å²) in [5.41, 5.74) is 2.01. The summed E-state index contributed by atoms with van der Waals surface area (Å²) in [6.07, 6.45) is 7.95. The van der Waals surface area contributed by atoms with Crippen LogP contribution >= 0.6 is 11.6 Å². The zero-order valence-corrected chi connectivity index (χ0v) is 26.3. The fourth-order valence-corrected chi connectivity index (χ4v) is 6.67. The molecule has 0 spiro atoms. The van der Waals surface area contributed by atoms with E-state index in [2.05, 4.69) is 20.6 Å². The number of ether oxygens (including phenoxy) is 2. The maximum absolute atomic E-state index is 13.5. The van der Waals surface area contributed by atoms with E-state index in [0.717, 1.165) is 5.39 Å². The number of nitrogens with zero attached hydrogens (tertiary/aromatic N) is 3. The lowest BCUT2D eigenvalue weighted by atomic mass is 9.91. The van der Waals surface area contributed by atoms with Crippen LogP contribution < -0.4 is 15.4 Å². The van der Waals surface area contributed by atoms with E-state index in [9.17, 15) is 12.8 Å². The Morgan fingerprint density at radius 3 is 2.63 bits per heavy atom. The van der Waals surface area contributed by atoms with Crippen molar-refractivity contribution in [3.05, 3.63) is 126 Å². The quantitative estimate of drug-likeness (QED) is 0.133. The monoisotopic (exact) mass is 659 g/mol. The molecule has 46 heavy (non-hydrogen) atoms. The minimum atomic E-state index is -3.37. The first-order valence-corrected chi connectivity index (χ1v) is 16.7. The molecule has 0 fully saturated rings. The van der Waals surface area contributed by atoms with Gasteiger partial charge in [0.1, 0.15) is 30.3 Å². The molecule has 3 aromatic carbocycles. The van der Waals surface area contributed by atoms with E-state index in [0.29, 0.717) is 69.9 Å². The van der Waals surface area contributed by atoms with E-state index >= 15 is 0 Å². The van der Waals surface area contributed by atoms with Gasteiger partial charge >= 0.3 is 0 Å². The number of fused-ring (bicyclic) bond motifs is 1. The number of pyridine rings is 1. The van der Waals surface area contributed by atoms with Crippen LogP contribution in [-0.2, 0) is 26.8 Å². The topological polar surface area (TPSA) is 115 Å². The molecule has 12 heteroatoms. The maximum Gasteiger partial charge on any atom is 0.179 e. The van der Waals surface area contributed by atoms with Crippen LogP contribution in [0.25, 0.3) is 10.9 Å². The Morgan fingerprint density at radius 1 is 0.978 bits per heavy atom. The molecule has 0 aliphatic carbocycles. The third-order valence-corrected chi connectivity index (χ3v) is 9.69. The van der Waals surface area contributed by atoms with Crippen molar-refractivity contribution in [2.45, 2.75) is 29.9 Å². The Kier molecular flexibility index (Phi) is 9.43. The van der Waals surface area contributed by atoms with Gasteiger partial charge in [-0.15, -0.1) is 0 Å². The first kappa shape index (κ1) is 31.4. The Morgan fingerprint density at radius 2 is 1.85 bits per heavy atom. The van der Waals surface area contributed by atoms with Crippen molar-refractivity contribution in [3.63, 3.8) is 0 Å². The van der Waals surface area contributed by atoms with E-state index in [1.165, 1.54) is 18.5 Å². The number of sulfone groups is 1. The summed E-state index contributed by atoms with van der Waals surface area (Å²) in [6.45, 7) is 1.01. The van der Waals surface area contributed by atoms with Gasteiger partial charge in [-0.2, -0.15) is 0 Å². The summed E-state index contributed by atoms with van der Waals surface area (Å²) in [7, 11) is -3.37. The van der Waals surface area contributed by atoms with E-state index in [1.807, 2.05) is 18.2 Å². The standard InChI is InChI=1S/C34H31ClFN5O4S/c35-29-19-26(10-11-31(29)44-22-24-6-4-7-25(36)18-24)41-33-28-20-32(38-21-30(28)39-23-40-33)34(12-5-16-45-34)13-14-37-15-17-46(42,43)27-8-2-1-3-9-27/h1-11,16,18-21,23,37H,12-15,17,22H2,(H,39,40,41). The highest BCUT2D eigenvalue weighted by Gasteiger charge is 2.37. The van der Waals surface area contributed by atoms with Crippen LogP contribution in [0.15, 0.2) is 109 Å². The van der Waals surface area contributed by atoms with E-state index < -0.39 is 15.4 Å². The van der Waals surface area contributed by atoms with Gasteiger partial charge in [0.05, 0.1) is 39.3 Å². The second-order valence-electron chi connectivity index (χ2n) is 10.8. The number of rotatable bonds is 13. The molecule has 0 bridgehead atoms. The number of aromatic nitrogens is 3. The molecule has 1 aliphatic heterocycles. The smallest absolute Gasteiger partial charge is 0.179 e. The number of hydrogen-bond donors (Lipinski definition) is 2. The first-order valence-electron chi connectivity index (χ1n) is 14.7. The zero-order valence-electron chi connectivity index (χ0n) is 24.7. The largest absolute Gasteiger partial charge is 0.489 e. The normalized spacial score (nSPS) is 16.0. The molecule has 9 nitrogen and oxygen atoms in total. The maximum atomic E-state index is 13.5. The van der Waals surface area contributed by atoms with Gasteiger partial charge < -0.3 is 20.1 Å². The fourth-order valence-electron chi connectivity index (χ4n) is 5.21. The lowest BCUT2D eigenvalue weighted by Crippen LogP contribution is -2.33. The first-order chi connectivity index (χ1) is 22.3. The van der Waals surface area contributed by atoms with Crippen molar-refractivity contribution in [2.24, 2.45) is 0 Å². The average molecular weight is 660 g/mol. The molecule has 0 amide bonds. The van der Waals surface area contributed by atoms with Gasteiger partial charge in [-0.3, -0.25) is 4.98 Å². The minimum absolute atomic E-state index is 0.00611. The summed E-state index contributed by atoms with van der Waals surface area (Å²) in [5, 5.41) is 7.70. The molecule has 1 aliphatic rings. The van der Waals surface area contributed by atoms with Crippen LogP contribution in [0.5, 0.6) is 5.75 Å². The summed E-state index contributed by atoms with van der Waals surface area (Å²) in [5.74, 6) is 0.694. The number of hydrogen-bond acceptors (Lipinski definition) is 9. The molecule has 3 heterocycles. The number of halogens is 2. The lowest BCUT2D eigenvalue weighted by molar-refractivity contribution is 0.0288.